The molecule has 0 unspecified atom stereocenters. The van der Waals surface area contributed by atoms with Crippen LogP contribution in [0.25, 0.3) is 50.4 Å². The van der Waals surface area contributed by atoms with E-state index in [1.807, 2.05) is 66.7 Å². The Bertz CT molecular complexity index is 3320. The van der Waals surface area contributed by atoms with Crippen LogP contribution in [0, 0.1) is 45.3 Å². The van der Waals surface area contributed by atoms with Gasteiger partial charge in [-0.25, -0.2) is 19.3 Å². The Morgan fingerprint density at radius 2 is 1.00 bits per heavy atom. The number of carbonyl (C=O) groups is 3. The third-order valence-electron chi connectivity index (χ3n) is 9.87. The standard InChI is InChI=1S/C44H17N7O4S4/c45-16-22(17-46)32-24-10-4-6-12-26(24)38(52)34(32)49-30-14-28-40(58-30)36-42(56-28)43-37(51(36)44(54)55-20-21-8-2-1-3-9-21)41-29(57-43)15-31(59-41)50-35-33(23(18-47)19-48)25-11-5-7-13-27(25)39(35)53/h1-15H,20H2. The van der Waals surface area contributed by atoms with Crippen LogP contribution in [0.2, 0.25) is 0 Å². The Hall–Kier alpha value is -7.63. The average Bonchev–Trinajstić information content (AvgIpc) is 4.12. The van der Waals surface area contributed by atoms with E-state index in [2.05, 4.69) is 0 Å². The minimum Gasteiger partial charge on any atom is -0.444 e. The number of nitriles is 4. The third-order valence-corrected chi connectivity index (χ3v) is 14.6. The van der Waals surface area contributed by atoms with Crippen LogP contribution in [-0.2, 0) is 11.3 Å². The fourth-order valence-corrected chi connectivity index (χ4v) is 12.5. The number of aromatic nitrogens is 1. The van der Waals surface area contributed by atoms with Crippen molar-refractivity contribution in [1.29, 1.82) is 21.0 Å². The molecule has 0 spiro atoms. The molecule has 2 aliphatic carbocycles. The first-order valence-electron chi connectivity index (χ1n) is 17.5. The van der Waals surface area contributed by atoms with Gasteiger partial charge in [-0.1, -0.05) is 78.9 Å². The Balaban J connectivity index is 1.15. The minimum absolute atomic E-state index is 0.000954. The van der Waals surface area contributed by atoms with Gasteiger partial charge in [0.15, 0.2) is 0 Å². The first-order chi connectivity index (χ1) is 28.8. The Morgan fingerprint density at radius 3 is 1.44 bits per heavy atom. The second-order valence-corrected chi connectivity index (χ2v) is 17.3. The molecule has 2 aliphatic rings. The molecular formula is C44H17N7O4S4. The Morgan fingerprint density at radius 1 is 0.576 bits per heavy atom. The summed E-state index contributed by atoms with van der Waals surface area (Å²) in [6.07, 6.45) is -0.616. The lowest BCUT2D eigenvalue weighted by Crippen LogP contribution is -2.13. The summed E-state index contributed by atoms with van der Waals surface area (Å²) < 4.78 is 12.3. The summed E-state index contributed by atoms with van der Waals surface area (Å²) in [4.78, 5) is 51.1. The average molecular weight is 836 g/mol. The number of rotatable bonds is 4. The van der Waals surface area contributed by atoms with Crippen molar-refractivity contribution in [2.45, 2.75) is 6.61 Å². The molecule has 0 saturated heterocycles. The van der Waals surface area contributed by atoms with Gasteiger partial charge in [-0.3, -0.25) is 9.59 Å². The van der Waals surface area contributed by atoms with Crippen LogP contribution in [0.15, 0.2) is 112 Å². The quantitative estimate of drug-likeness (QED) is 0.157. The van der Waals surface area contributed by atoms with Gasteiger partial charge in [-0.2, -0.15) is 21.0 Å². The van der Waals surface area contributed by atoms with Crippen LogP contribution in [0.3, 0.4) is 0 Å². The maximum absolute atomic E-state index is 14.3. The van der Waals surface area contributed by atoms with Gasteiger partial charge >= 0.3 is 6.09 Å². The SMILES string of the molecule is N#CC(C#N)=C1C(=Nc2cc3sc4c5sc6cc(N=C7C(=O)c8ccccc8C7=C(C#N)C#N)sc6c5n(C(=O)OCc5ccccc5)c4c3s2)C(=O)c2ccccc21. The molecule has 3 aromatic carbocycles. The van der Waals surface area contributed by atoms with Crippen molar-refractivity contribution in [3.63, 3.8) is 0 Å². The molecule has 0 atom stereocenters. The summed E-state index contributed by atoms with van der Waals surface area (Å²) in [5.41, 5.74) is 3.62. The smallest absolute Gasteiger partial charge is 0.419 e. The summed E-state index contributed by atoms with van der Waals surface area (Å²) >= 11 is 5.47. The maximum Gasteiger partial charge on any atom is 0.419 e. The van der Waals surface area contributed by atoms with E-state index in [4.69, 9.17) is 14.7 Å². The lowest BCUT2D eigenvalue weighted by molar-refractivity contribution is 0.106. The van der Waals surface area contributed by atoms with Crippen LogP contribution in [0.1, 0.15) is 37.4 Å². The summed E-state index contributed by atoms with van der Waals surface area (Å²) in [5.74, 6) is -0.786. The van der Waals surface area contributed by atoms with Gasteiger partial charge < -0.3 is 4.74 Å². The van der Waals surface area contributed by atoms with Gasteiger partial charge in [0, 0.05) is 22.3 Å². The van der Waals surface area contributed by atoms with E-state index in [0.717, 1.165) is 33.8 Å². The Kier molecular flexibility index (Phi) is 8.36. The minimum atomic E-state index is -0.616. The molecule has 10 rings (SSSR count). The fourth-order valence-electron chi connectivity index (χ4n) is 7.38. The number of hydrogen-bond acceptors (Lipinski definition) is 14. The van der Waals surface area contributed by atoms with E-state index < -0.39 is 17.7 Å². The van der Waals surface area contributed by atoms with Crippen molar-refractivity contribution in [3.8, 4) is 24.3 Å². The van der Waals surface area contributed by atoms with Crippen molar-refractivity contribution < 1.29 is 19.1 Å². The number of allylic oxidation sites excluding steroid dienone is 4. The van der Waals surface area contributed by atoms with Gasteiger partial charge in [0.25, 0.3) is 0 Å². The van der Waals surface area contributed by atoms with Crippen LogP contribution in [0.4, 0.5) is 14.8 Å². The monoisotopic (exact) mass is 835 g/mol. The largest absolute Gasteiger partial charge is 0.444 e. The fraction of sp³-hybridized carbons (Fsp3) is 0.0227. The summed E-state index contributed by atoms with van der Waals surface area (Å²) in [6.45, 7) is 0.0177. The molecule has 0 fully saturated rings. The number of hydrogen-bond donors (Lipinski definition) is 0. The summed E-state index contributed by atoms with van der Waals surface area (Å²) in [7, 11) is 0. The van der Waals surface area contributed by atoms with E-state index in [9.17, 15) is 35.4 Å². The molecule has 0 amide bonds. The molecule has 8 aromatic rings. The first-order valence-corrected chi connectivity index (χ1v) is 20.8. The number of Topliss-reactive ketones (excluding diaryl/α,β-unsaturated/α-hetero) is 2. The van der Waals surface area contributed by atoms with Gasteiger partial charge in [0.05, 0.1) is 39.2 Å². The molecule has 0 bridgehead atoms. The molecule has 0 aliphatic heterocycles. The van der Waals surface area contributed by atoms with E-state index >= 15 is 0 Å². The van der Waals surface area contributed by atoms with Crippen molar-refractivity contribution in [2.75, 3.05) is 0 Å². The molecule has 5 aromatic heterocycles. The van der Waals surface area contributed by atoms with Crippen molar-refractivity contribution in [2.24, 2.45) is 9.98 Å². The molecule has 0 radical (unpaired) electrons. The number of ketones is 2. The highest BCUT2D eigenvalue weighted by atomic mass is 32.1. The number of nitrogens with zero attached hydrogens (tertiary/aromatic N) is 7. The number of fused-ring (bicyclic) bond motifs is 9. The van der Waals surface area contributed by atoms with Crippen molar-refractivity contribution in [1.82, 2.24) is 4.57 Å². The van der Waals surface area contributed by atoms with Gasteiger partial charge in [0.2, 0.25) is 11.6 Å². The van der Waals surface area contributed by atoms with Crippen LogP contribution < -0.4 is 0 Å². The predicted octanol–water partition coefficient (Wildman–Crippen LogP) is 11.1. The number of carbonyl (C=O) groups excluding carboxylic acids is 3. The number of ether oxygens (including phenoxy) is 1. The van der Waals surface area contributed by atoms with Crippen molar-refractivity contribution >= 4 is 135 Å². The molecular weight excluding hydrogens is 819 g/mol. The van der Waals surface area contributed by atoms with Gasteiger partial charge in [-0.15, -0.1) is 45.3 Å². The highest BCUT2D eigenvalue weighted by molar-refractivity contribution is 7.39. The zero-order valence-electron chi connectivity index (χ0n) is 29.8. The molecule has 15 heteroatoms. The van der Waals surface area contributed by atoms with Crippen LogP contribution in [-0.4, -0.2) is 33.7 Å². The second kappa shape index (κ2) is 13.8. The molecule has 5 heterocycles. The van der Waals surface area contributed by atoms with E-state index in [1.54, 1.807) is 53.1 Å². The highest BCUT2D eigenvalue weighted by Gasteiger charge is 2.36. The molecule has 0 N–H and O–H groups in total. The van der Waals surface area contributed by atoms with Gasteiger partial charge in [0.1, 0.15) is 63.5 Å². The second-order valence-electron chi connectivity index (χ2n) is 13.1. The van der Waals surface area contributed by atoms with Crippen molar-refractivity contribution in [3.05, 3.63) is 130 Å². The highest BCUT2D eigenvalue weighted by Crippen LogP contribution is 2.53. The summed E-state index contributed by atoms with van der Waals surface area (Å²) in [5, 5.41) is 40.1. The lowest BCUT2D eigenvalue weighted by atomic mass is 10.0. The molecule has 11 nitrogen and oxygen atoms in total. The van der Waals surface area contributed by atoms with Crippen LogP contribution in [0.5, 0.6) is 0 Å². The van der Waals surface area contributed by atoms with Crippen LogP contribution >= 0.6 is 45.3 Å². The third kappa shape index (κ3) is 5.43. The first kappa shape index (κ1) is 35.8. The number of aliphatic imine (C=N–C) groups is 2. The number of thiophene rings is 4. The molecule has 59 heavy (non-hydrogen) atoms. The predicted molar refractivity (Wildman–Crippen MR) is 230 cm³/mol. The lowest BCUT2D eigenvalue weighted by Gasteiger charge is -2.07. The number of benzene rings is 3. The van der Waals surface area contributed by atoms with E-state index in [-0.39, 0.29) is 40.3 Å². The van der Waals surface area contributed by atoms with E-state index in [1.165, 1.54) is 45.3 Å². The summed E-state index contributed by atoms with van der Waals surface area (Å²) in [6, 6.07) is 34.2. The maximum atomic E-state index is 14.3. The Labute approximate surface area is 348 Å². The normalized spacial score (nSPS) is 14.6. The van der Waals surface area contributed by atoms with E-state index in [0.29, 0.717) is 43.3 Å². The molecule has 276 valence electrons. The topological polar surface area (TPSA) is 185 Å². The zero-order chi connectivity index (χ0) is 40.5. The zero-order valence-corrected chi connectivity index (χ0v) is 33.0. The van der Waals surface area contributed by atoms with Gasteiger partial charge in [-0.05, 0) is 28.8 Å². The molecule has 0 saturated carbocycles.